The number of carbonyl (C=O) groups excluding carboxylic acids is 1. The summed E-state index contributed by atoms with van der Waals surface area (Å²) in [6.45, 7) is 17.9. The molecule has 0 unspecified atom stereocenters. The third-order valence-electron chi connectivity index (χ3n) is 3.83. The van der Waals surface area contributed by atoms with E-state index in [1.807, 2.05) is 13.8 Å². The Morgan fingerprint density at radius 3 is 2.26 bits per heavy atom. The van der Waals surface area contributed by atoms with Gasteiger partial charge in [0.15, 0.2) is 5.96 Å². The van der Waals surface area contributed by atoms with Crippen molar-refractivity contribution in [2.75, 3.05) is 52.4 Å². The van der Waals surface area contributed by atoms with Gasteiger partial charge < -0.3 is 15.5 Å². The number of nitrogens with zero attached hydrogens (tertiary/aromatic N) is 3. The molecule has 1 amide bonds. The lowest BCUT2D eigenvalue weighted by Crippen LogP contribution is -2.53. The maximum Gasteiger partial charge on any atom is 0.222 e. The van der Waals surface area contributed by atoms with E-state index in [0.717, 1.165) is 38.7 Å². The monoisotopic (exact) mass is 325 g/mol. The summed E-state index contributed by atoms with van der Waals surface area (Å²) in [5.74, 6) is 1.80. The molecule has 0 atom stereocenters. The standard InChI is InChI=1S/C17H35N5O/c1-6-18-17(20-8-7-19-16(23)15(4)5)22-11-9-21(10-12-22)13-14(2)3/h14-15H,6-13H2,1-5H3,(H,18,20)(H,19,23). The van der Waals surface area contributed by atoms with E-state index < -0.39 is 0 Å². The molecular formula is C17H35N5O. The molecule has 0 spiro atoms. The minimum atomic E-state index is 0.0289. The fourth-order valence-electron chi connectivity index (χ4n) is 2.63. The molecule has 0 saturated carbocycles. The second kappa shape index (κ2) is 10.5. The highest BCUT2D eigenvalue weighted by Crippen LogP contribution is 2.05. The van der Waals surface area contributed by atoms with Crippen LogP contribution in [-0.4, -0.2) is 74.0 Å². The van der Waals surface area contributed by atoms with Crippen LogP contribution in [0.3, 0.4) is 0 Å². The van der Waals surface area contributed by atoms with E-state index >= 15 is 0 Å². The Kier molecular flexibility index (Phi) is 8.99. The summed E-state index contributed by atoms with van der Waals surface area (Å²) < 4.78 is 0. The molecule has 23 heavy (non-hydrogen) atoms. The Bertz CT molecular complexity index is 373. The van der Waals surface area contributed by atoms with Crippen molar-refractivity contribution in [1.82, 2.24) is 20.4 Å². The van der Waals surface area contributed by atoms with E-state index in [1.54, 1.807) is 0 Å². The first-order valence-corrected chi connectivity index (χ1v) is 8.97. The number of hydrogen-bond donors (Lipinski definition) is 2. The van der Waals surface area contributed by atoms with Crippen LogP contribution in [0.15, 0.2) is 4.99 Å². The van der Waals surface area contributed by atoms with E-state index in [1.165, 1.54) is 6.54 Å². The Morgan fingerprint density at radius 1 is 1.09 bits per heavy atom. The minimum Gasteiger partial charge on any atom is -0.357 e. The number of aliphatic imine (C=N–C) groups is 1. The number of rotatable bonds is 7. The van der Waals surface area contributed by atoms with Gasteiger partial charge in [0.1, 0.15) is 0 Å². The topological polar surface area (TPSA) is 60.0 Å². The molecule has 0 aromatic heterocycles. The van der Waals surface area contributed by atoms with E-state index in [2.05, 4.69) is 46.2 Å². The van der Waals surface area contributed by atoms with Gasteiger partial charge in [0.25, 0.3) is 0 Å². The molecule has 1 heterocycles. The van der Waals surface area contributed by atoms with Crippen LogP contribution >= 0.6 is 0 Å². The highest BCUT2D eigenvalue weighted by Gasteiger charge is 2.19. The summed E-state index contributed by atoms with van der Waals surface area (Å²) in [5, 5.41) is 6.27. The van der Waals surface area contributed by atoms with Crippen molar-refractivity contribution in [2.24, 2.45) is 16.8 Å². The molecule has 1 saturated heterocycles. The van der Waals surface area contributed by atoms with E-state index in [0.29, 0.717) is 19.0 Å². The quantitative estimate of drug-likeness (QED) is 0.416. The molecule has 1 fully saturated rings. The lowest BCUT2D eigenvalue weighted by molar-refractivity contribution is -0.123. The lowest BCUT2D eigenvalue weighted by atomic mass is 10.2. The predicted molar refractivity (Wildman–Crippen MR) is 96.7 cm³/mol. The predicted octanol–water partition coefficient (Wildman–Crippen LogP) is 0.998. The van der Waals surface area contributed by atoms with Crippen LogP contribution in [0.4, 0.5) is 0 Å². The van der Waals surface area contributed by atoms with Gasteiger partial charge in [0.2, 0.25) is 5.91 Å². The van der Waals surface area contributed by atoms with Crippen molar-refractivity contribution in [3.63, 3.8) is 0 Å². The second-order valence-corrected chi connectivity index (χ2v) is 6.86. The summed E-state index contributed by atoms with van der Waals surface area (Å²) in [6.07, 6.45) is 0. The van der Waals surface area contributed by atoms with Crippen LogP contribution < -0.4 is 10.6 Å². The third-order valence-corrected chi connectivity index (χ3v) is 3.83. The van der Waals surface area contributed by atoms with Crippen LogP contribution in [0.5, 0.6) is 0 Å². The fourth-order valence-corrected chi connectivity index (χ4v) is 2.63. The molecule has 0 aromatic rings. The number of guanidine groups is 1. The molecule has 1 rings (SSSR count). The van der Waals surface area contributed by atoms with Crippen molar-refractivity contribution in [3.8, 4) is 0 Å². The molecule has 1 aliphatic heterocycles. The van der Waals surface area contributed by atoms with Crippen LogP contribution in [0.25, 0.3) is 0 Å². The van der Waals surface area contributed by atoms with Gasteiger partial charge in [0.05, 0.1) is 6.54 Å². The van der Waals surface area contributed by atoms with Crippen LogP contribution in [0.2, 0.25) is 0 Å². The van der Waals surface area contributed by atoms with Crippen molar-refractivity contribution in [3.05, 3.63) is 0 Å². The smallest absolute Gasteiger partial charge is 0.222 e. The first kappa shape index (κ1) is 19.7. The van der Waals surface area contributed by atoms with Crippen LogP contribution in [-0.2, 0) is 4.79 Å². The maximum atomic E-state index is 11.5. The van der Waals surface area contributed by atoms with Crippen LogP contribution in [0, 0.1) is 11.8 Å². The Labute approximate surface area is 141 Å². The van der Waals surface area contributed by atoms with E-state index in [-0.39, 0.29) is 11.8 Å². The zero-order valence-corrected chi connectivity index (χ0v) is 15.6. The molecule has 0 radical (unpaired) electrons. The first-order chi connectivity index (χ1) is 10.9. The lowest BCUT2D eigenvalue weighted by Gasteiger charge is -2.37. The average molecular weight is 326 g/mol. The number of amides is 1. The molecule has 6 nitrogen and oxygen atoms in total. The molecule has 0 aromatic carbocycles. The van der Waals surface area contributed by atoms with Gasteiger partial charge in [-0.15, -0.1) is 0 Å². The normalized spacial score (nSPS) is 17.0. The van der Waals surface area contributed by atoms with Gasteiger partial charge in [-0.2, -0.15) is 0 Å². The highest BCUT2D eigenvalue weighted by molar-refractivity contribution is 5.80. The second-order valence-electron chi connectivity index (χ2n) is 6.86. The number of piperazine rings is 1. The molecule has 2 N–H and O–H groups in total. The summed E-state index contributed by atoms with van der Waals surface area (Å²) >= 11 is 0. The Morgan fingerprint density at radius 2 is 1.74 bits per heavy atom. The molecule has 0 bridgehead atoms. The number of nitrogens with one attached hydrogen (secondary N) is 2. The van der Waals surface area contributed by atoms with Gasteiger partial charge in [-0.3, -0.25) is 14.7 Å². The molecule has 134 valence electrons. The highest BCUT2D eigenvalue weighted by atomic mass is 16.1. The summed E-state index contributed by atoms with van der Waals surface area (Å²) in [5.41, 5.74) is 0. The van der Waals surface area contributed by atoms with Gasteiger partial charge in [0, 0.05) is 51.7 Å². The zero-order chi connectivity index (χ0) is 17.2. The first-order valence-electron chi connectivity index (χ1n) is 8.97. The van der Waals surface area contributed by atoms with Crippen molar-refractivity contribution >= 4 is 11.9 Å². The summed E-state index contributed by atoms with van der Waals surface area (Å²) in [4.78, 5) is 21.0. The summed E-state index contributed by atoms with van der Waals surface area (Å²) in [6, 6.07) is 0. The van der Waals surface area contributed by atoms with E-state index in [9.17, 15) is 4.79 Å². The van der Waals surface area contributed by atoms with Crippen LogP contribution in [0.1, 0.15) is 34.6 Å². The fraction of sp³-hybridized carbons (Fsp3) is 0.882. The largest absolute Gasteiger partial charge is 0.357 e. The number of carbonyl (C=O) groups is 1. The zero-order valence-electron chi connectivity index (χ0n) is 15.6. The average Bonchev–Trinajstić information content (AvgIpc) is 2.50. The van der Waals surface area contributed by atoms with Crippen molar-refractivity contribution in [2.45, 2.75) is 34.6 Å². The van der Waals surface area contributed by atoms with Gasteiger partial charge in [-0.1, -0.05) is 27.7 Å². The minimum absolute atomic E-state index is 0.0289. The SMILES string of the molecule is CCNC(=NCCNC(=O)C(C)C)N1CCN(CC(C)C)CC1. The van der Waals surface area contributed by atoms with E-state index in [4.69, 9.17) is 0 Å². The maximum absolute atomic E-state index is 11.5. The van der Waals surface area contributed by atoms with Gasteiger partial charge >= 0.3 is 0 Å². The van der Waals surface area contributed by atoms with Crippen molar-refractivity contribution < 1.29 is 4.79 Å². The number of hydrogen-bond acceptors (Lipinski definition) is 3. The molecular weight excluding hydrogens is 290 g/mol. The van der Waals surface area contributed by atoms with Crippen molar-refractivity contribution in [1.29, 1.82) is 0 Å². The molecule has 0 aliphatic carbocycles. The Hall–Kier alpha value is -1.30. The molecule has 1 aliphatic rings. The van der Waals surface area contributed by atoms with Gasteiger partial charge in [-0.25, -0.2) is 0 Å². The Balaban J connectivity index is 2.42. The van der Waals surface area contributed by atoms with Gasteiger partial charge in [-0.05, 0) is 12.8 Å². The summed E-state index contributed by atoms with van der Waals surface area (Å²) in [7, 11) is 0. The third kappa shape index (κ3) is 7.68. The molecule has 6 heteroatoms.